The standard InChI is InChI=1S/C14H8Br2N2O2/c15-10-4-2-1-3-9(10)13-17-14(20-18-13)8-5-6-11(16)12(19)7-8/h1-7,19H. The van der Waals surface area contributed by atoms with Gasteiger partial charge in [-0.15, -0.1) is 0 Å². The van der Waals surface area contributed by atoms with Crippen LogP contribution in [0.5, 0.6) is 5.75 Å². The van der Waals surface area contributed by atoms with Crippen LogP contribution in [0.3, 0.4) is 0 Å². The summed E-state index contributed by atoms with van der Waals surface area (Å²) in [4.78, 5) is 4.35. The summed E-state index contributed by atoms with van der Waals surface area (Å²) in [6.45, 7) is 0. The maximum atomic E-state index is 9.69. The number of hydrogen-bond donors (Lipinski definition) is 1. The van der Waals surface area contributed by atoms with Gasteiger partial charge in [0, 0.05) is 15.6 Å². The Bertz CT molecular complexity index is 771. The molecule has 0 unspecified atom stereocenters. The maximum absolute atomic E-state index is 9.69. The van der Waals surface area contributed by atoms with E-state index in [0.717, 1.165) is 10.0 Å². The van der Waals surface area contributed by atoms with Crippen molar-refractivity contribution in [3.05, 3.63) is 51.4 Å². The van der Waals surface area contributed by atoms with E-state index >= 15 is 0 Å². The lowest BCUT2D eigenvalue weighted by Crippen LogP contribution is -1.82. The quantitative estimate of drug-likeness (QED) is 0.686. The van der Waals surface area contributed by atoms with Crippen molar-refractivity contribution >= 4 is 31.9 Å². The van der Waals surface area contributed by atoms with E-state index in [1.807, 2.05) is 24.3 Å². The Morgan fingerprint density at radius 1 is 1.00 bits per heavy atom. The number of benzene rings is 2. The lowest BCUT2D eigenvalue weighted by Gasteiger charge is -1.98. The second-order valence-corrected chi connectivity index (χ2v) is 5.78. The van der Waals surface area contributed by atoms with E-state index in [2.05, 4.69) is 42.0 Å². The molecule has 1 N–H and O–H groups in total. The van der Waals surface area contributed by atoms with Gasteiger partial charge >= 0.3 is 0 Å². The predicted octanol–water partition coefficient (Wildman–Crippen LogP) is 4.63. The number of aromatic nitrogens is 2. The van der Waals surface area contributed by atoms with E-state index in [0.29, 0.717) is 21.8 Å². The molecular weight excluding hydrogens is 388 g/mol. The van der Waals surface area contributed by atoms with Crippen LogP contribution < -0.4 is 0 Å². The molecule has 3 rings (SSSR count). The van der Waals surface area contributed by atoms with Crippen molar-refractivity contribution in [2.75, 3.05) is 0 Å². The molecule has 6 heteroatoms. The summed E-state index contributed by atoms with van der Waals surface area (Å²) in [5.74, 6) is 0.983. The fourth-order valence-corrected chi connectivity index (χ4v) is 2.45. The largest absolute Gasteiger partial charge is 0.507 e. The van der Waals surface area contributed by atoms with Crippen molar-refractivity contribution in [1.29, 1.82) is 0 Å². The molecule has 1 aromatic heterocycles. The summed E-state index contributed by atoms with van der Waals surface area (Å²) in [6.07, 6.45) is 0. The van der Waals surface area contributed by atoms with Crippen LogP contribution in [0.1, 0.15) is 0 Å². The normalized spacial score (nSPS) is 10.7. The Morgan fingerprint density at radius 2 is 1.80 bits per heavy atom. The van der Waals surface area contributed by atoms with Crippen LogP contribution in [0.25, 0.3) is 22.8 Å². The summed E-state index contributed by atoms with van der Waals surface area (Å²) in [6, 6.07) is 12.7. The van der Waals surface area contributed by atoms with Crippen LogP contribution in [-0.4, -0.2) is 15.2 Å². The van der Waals surface area contributed by atoms with E-state index in [9.17, 15) is 5.11 Å². The van der Waals surface area contributed by atoms with Gasteiger partial charge in [-0.2, -0.15) is 4.98 Å². The first-order valence-electron chi connectivity index (χ1n) is 5.72. The lowest BCUT2D eigenvalue weighted by atomic mass is 10.2. The van der Waals surface area contributed by atoms with Crippen molar-refractivity contribution < 1.29 is 9.63 Å². The molecule has 0 amide bonds. The molecule has 0 aliphatic carbocycles. The van der Waals surface area contributed by atoms with Gasteiger partial charge in [-0.1, -0.05) is 33.2 Å². The minimum Gasteiger partial charge on any atom is -0.507 e. The molecular formula is C14H8Br2N2O2. The molecule has 0 bridgehead atoms. The van der Waals surface area contributed by atoms with E-state index in [1.54, 1.807) is 18.2 Å². The fraction of sp³-hybridized carbons (Fsp3) is 0. The van der Waals surface area contributed by atoms with Crippen LogP contribution in [0.15, 0.2) is 55.9 Å². The van der Waals surface area contributed by atoms with Gasteiger partial charge in [-0.3, -0.25) is 0 Å². The second kappa shape index (κ2) is 5.38. The molecule has 1 heterocycles. The van der Waals surface area contributed by atoms with E-state index < -0.39 is 0 Å². The van der Waals surface area contributed by atoms with Crippen molar-refractivity contribution in [2.45, 2.75) is 0 Å². The summed E-state index contributed by atoms with van der Waals surface area (Å²) in [7, 11) is 0. The van der Waals surface area contributed by atoms with Crippen molar-refractivity contribution in [3.8, 4) is 28.6 Å². The van der Waals surface area contributed by atoms with E-state index in [4.69, 9.17) is 4.52 Å². The first-order valence-corrected chi connectivity index (χ1v) is 7.31. The molecule has 0 saturated heterocycles. The highest BCUT2D eigenvalue weighted by atomic mass is 79.9. The molecule has 0 radical (unpaired) electrons. The molecule has 20 heavy (non-hydrogen) atoms. The third-order valence-corrected chi connectivity index (χ3v) is 4.10. The molecule has 0 saturated carbocycles. The number of nitrogens with zero attached hydrogens (tertiary/aromatic N) is 2. The topological polar surface area (TPSA) is 59.2 Å². The van der Waals surface area contributed by atoms with Gasteiger partial charge in [0.15, 0.2) is 0 Å². The number of phenolic OH excluding ortho intramolecular Hbond substituents is 1. The first kappa shape index (κ1) is 13.3. The molecule has 0 spiro atoms. The zero-order valence-electron chi connectivity index (χ0n) is 10.0. The predicted molar refractivity (Wildman–Crippen MR) is 82.2 cm³/mol. The van der Waals surface area contributed by atoms with Crippen LogP contribution >= 0.6 is 31.9 Å². The Balaban J connectivity index is 2.02. The van der Waals surface area contributed by atoms with Gasteiger partial charge < -0.3 is 9.63 Å². The zero-order valence-corrected chi connectivity index (χ0v) is 13.2. The zero-order chi connectivity index (χ0) is 14.1. The minimum atomic E-state index is 0.128. The summed E-state index contributed by atoms with van der Waals surface area (Å²) in [5, 5.41) is 13.7. The number of phenols is 1. The number of hydrogen-bond acceptors (Lipinski definition) is 4. The van der Waals surface area contributed by atoms with Gasteiger partial charge in [-0.05, 0) is 46.3 Å². The van der Waals surface area contributed by atoms with Gasteiger partial charge in [0.1, 0.15) is 5.75 Å². The van der Waals surface area contributed by atoms with Crippen molar-refractivity contribution in [3.63, 3.8) is 0 Å². The summed E-state index contributed by atoms with van der Waals surface area (Å²) in [5.41, 5.74) is 1.51. The number of halogens is 2. The molecule has 3 aromatic rings. The number of aromatic hydroxyl groups is 1. The van der Waals surface area contributed by atoms with Crippen LogP contribution in [0, 0.1) is 0 Å². The van der Waals surface area contributed by atoms with Gasteiger partial charge in [0.25, 0.3) is 5.89 Å². The Kier molecular flexibility index (Phi) is 3.58. The molecule has 0 aliphatic heterocycles. The maximum Gasteiger partial charge on any atom is 0.258 e. The van der Waals surface area contributed by atoms with E-state index in [1.165, 1.54) is 0 Å². The minimum absolute atomic E-state index is 0.128. The van der Waals surface area contributed by atoms with Gasteiger partial charge in [0.05, 0.1) is 4.47 Å². The average Bonchev–Trinajstić information content (AvgIpc) is 2.92. The highest BCUT2D eigenvalue weighted by Gasteiger charge is 2.13. The van der Waals surface area contributed by atoms with Crippen LogP contribution in [0.2, 0.25) is 0 Å². The molecule has 0 atom stereocenters. The Hall–Kier alpha value is -1.66. The monoisotopic (exact) mass is 394 g/mol. The smallest absolute Gasteiger partial charge is 0.258 e. The van der Waals surface area contributed by atoms with Crippen molar-refractivity contribution in [1.82, 2.24) is 10.1 Å². The third kappa shape index (κ3) is 2.48. The second-order valence-electron chi connectivity index (χ2n) is 4.07. The molecule has 0 fully saturated rings. The molecule has 100 valence electrons. The Morgan fingerprint density at radius 3 is 2.55 bits per heavy atom. The highest BCUT2D eigenvalue weighted by Crippen LogP contribution is 2.31. The summed E-state index contributed by atoms with van der Waals surface area (Å²) >= 11 is 6.68. The molecule has 2 aromatic carbocycles. The van der Waals surface area contributed by atoms with Gasteiger partial charge in [-0.25, -0.2) is 0 Å². The molecule has 0 aliphatic rings. The van der Waals surface area contributed by atoms with Crippen molar-refractivity contribution in [2.24, 2.45) is 0 Å². The lowest BCUT2D eigenvalue weighted by molar-refractivity contribution is 0.431. The SMILES string of the molecule is Oc1cc(-c2nc(-c3ccccc3Br)no2)ccc1Br. The third-order valence-electron chi connectivity index (χ3n) is 2.73. The molecule has 4 nitrogen and oxygen atoms in total. The average molecular weight is 396 g/mol. The number of rotatable bonds is 2. The fourth-order valence-electron chi connectivity index (χ4n) is 1.74. The van der Waals surface area contributed by atoms with E-state index in [-0.39, 0.29) is 5.75 Å². The van der Waals surface area contributed by atoms with Crippen LogP contribution in [0.4, 0.5) is 0 Å². The highest BCUT2D eigenvalue weighted by molar-refractivity contribution is 9.11. The summed E-state index contributed by atoms with van der Waals surface area (Å²) < 4.78 is 6.76. The Labute approximate surface area is 131 Å². The van der Waals surface area contributed by atoms with Crippen LogP contribution in [-0.2, 0) is 0 Å². The first-order chi connectivity index (χ1) is 9.65. The van der Waals surface area contributed by atoms with Gasteiger partial charge in [0.2, 0.25) is 5.82 Å².